The molecule has 3 unspecified atom stereocenters. The van der Waals surface area contributed by atoms with Crippen molar-refractivity contribution in [3.05, 3.63) is 0 Å². The first kappa shape index (κ1) is 10.9. The van der Waals surface area contributed by atoms with E-state index in [2.05, 4.69) is 5.32 Å². The largest absolute Gasteiger partial charge is 0.354 e. The van der Waals surface area contributed by atoms with Gasteiger partial charge in [0.05, 0.1) is 18.0 Å². The van der Waals surface area contributed by atoms with Crippen molar-refractivity contribution < 1.29 is 9.59 Å². The van der Waals surface area contributed by atoms with Crippen LogP contribution in [0, 0.1) is 23.2 Å². The van der Waals surface area contributed by atoms with E-state index in [0.717, 1.165) is 12.8 Å². The van der Waals surface area contributed by atoms with Crippen molar-refractivity contribution in [1.29, 1.82) is 5.26 Å². The average Bonchev–Trinajstić information content (AvgIpc) is 2.69. The molecule has 2 rings (SSSR count). The van der Waals surface area contributed by atoms with Crippen molar-refractivity contribution in [1.82, 2.24) is 10.2 Å². The summed E-state index contributed by atoms with van der Waals surface area (Å²) in [6.45, 7) is 2.81. The molecule has 0 bridgehead atoms. The molecule has 0 aliphatic carbocycles. The highest BCUT2D eigenvalue weighted by Gasteiger charge is 2.43. The zero-order valence-corrected chi connectivity index (χ0v) is 9.27. The van der Waals surface area contributed by atoms with E-state index in [1.54, 1.807) is 11.8 Å². The summed E-state index contributed by atoms with van der Waals surface area (Å²) in [7, 11) is 0. The summed E-state index contributed by atoms with van der Waals surface area (Å²) in [4.78, 5) is 25.2. The van der Waals surface area contributed by atoms with Crippen molar-refractivity contribution >= 4 is 11.8 Å². The molecule has 2 amide bonds. The summed E-state index contributed by atoms with van der Waals surface area (Å²) in [6, 6.07) is 1.92. The fourth-order valence-electron chi connectivity index (χ4n) is 2.53. The predicted molar refractivity (Wildman–Crippen MR) is 56.0 cm³/mol. The molecule has 0 aromatic heterocycles. The summed E-state index contributed by atoms with van der Waals surface area (Å²) < 4.78 is 0. The van der Waals surface area contributed by atoms with Gasteiger partial charge in [-0.25, -0.2) is 0 Å². The van der Waals surface area contributed by atoms with E-state index in [1.807, 2.05) is 6.07 Å². The number of carbonyl (C=O) groups excluding carboxylic acids is 2. The molecule has 0 radical (unpaired) electrons. The molecule has 2 fully saturated rings. The number of rotatable bonds is 1. The normalized spacial score (nSPS) is 30.2. The lowest BCUT2D eigenvalue weighted by atomic mass is 9.90. The number of fused-ring (bicyclic) bond motifs is 1. The van der Waals surface area contributed by atoms with Gasteiger partial charge in [-0.05, 0) is 19.8 Å². The second kappa shape index (κ2) is 4.12. The summed E-state index contributed by atoms with van der Waals surface area (Å²) >= 11 is 0. The van der Waals surface area contributed by atoms with Crippen LogP contribution in [0.4, 0.5) is 0 Å². The van der Waals surface area contributed by atoms with Crippen LogP contribution in [0.5, 0.6) is 0 Å². The quantitative estimate of drug-likeness (QED) is 0.671. The highest BCUT2D eigenvalue weighted by Crippen LogP contribution is 2.28. The molecule has 2 heterocycles. The summed E-state index contributed by atoms with van der Waals surface area (Å²) in [6.07, 6.45) is 1.69. The van der Waals surface area contributed by atoms with E-state index in [-0.39, 0.29) is 23.8 Å². The lowest BCUT2D eigenvalue weighted by molar-refractivity contribution is -0.138. The Morgan fingerprint density at radius 2 is 2.44 bits per heavy atom. The molecule has 0 aromatic rings. The standard InChI is InChI=1S/C11H15N3O2/c1-7(5-12)11(16)14-4-2-3-8-9(14)6-13-10(8)15/h7-9H,2-4,6H2,1H3,(H,13,15). The molecule has 2 aliphatic rings. The first-order valence-electron chi connectivity index (χ1n) is 5.63. The van der Waals surface area contributed by atoms with Gasteiger partial charge in [-0.3, -0.25) is 9.59 Å². The molecule has 5 nitrogen and oxygen atoms in total. The maximum Gasteiger partial charge on any atom is 0.239 e. The Bertz CT molecular complexity index is 361. The van der Waals surface area contributed by atoms with Gasteiger partial charge in [0, 0.05) is 13.1 Å². The first-order valence-corrected chi connectivity index (χ1v) is 5.63. The van der Waals surface area contributed by atoms with Gasteiger partial charge in [-0.1, -0.05) is 0 Å². The monoisotopic (exact) mass is 221 g/mol. The van der Waals surface area contributed by atoms with Gasteiger partial charge < -0.3 is 10.2 Å². The Hall–Kier alpha value is -1.57. The number of nitriles is 1. The van der Waals surface area contributed by atoms with E-state index in [0.29, 0.717) is 13.1 Å². The third-order valence-corrected chi connectivity index (χ3v) is 3.45. The number of likely N-dealkylation sites (tertiary alicyclic amines) is 1. The molecule has 0 spiro atoms. The molecule has 2 saturated heterocycles. The zero-order valence-electron chi connectivity index (χ0n) is 9.27. The smallest absolute Gasteiger partial charge is 0.239 e. The van der Waals surface area contributed by atoms with Gasteiger partial charge >= 0.3 is 0 Å². The minimum Gasteiger partial charge on any atom is -0.354 e. The Morgan fingerprint density at radius 1 is 1.69 bits per heavy atom. The second-order valence-electron chi connectivity index (χ2n) is 4.44. The van der Waals surface area contributed by atoms with Crippen molar-refractivity contribution in [3.63, 3.8) is 0 Å². The lowest BCUT2D eigenvalue weighted by Crippen LogP contribution is -2.50. The minimum absolute atomic E-state index is 0.0375. The van der Waals surface area contributed by atoms with E-state index in [4.69, 9.17) is 5.26 Å². The number of amides is 2. The first-order chi connectivity index (χ1) is 7.65. The third kappa shape index (κ3) is 1.64. The highest BCUT2D eigenvalue weighted by molar-refractivity contribution is 5.86. The number of hydrogen-bond donors (Lipinski definition) is 1. The third-order valence-electron chi connectivity index (χ3n) is 3.45. The van der Waals surface area contributed by atoms with Crippen LogP contribution in [0.15, 0.2) is 0 Å². The maximum atomic E-state index is 11.9. The molecule has 86 valence electrons. The number of hydrogen-bond acceptors (Lipinski definition) is 3. The van der Waals surface area contributed by atoms with Crippen LogP contribution in [0.25, 0.3) is 0 Å². The van der Waals surface area contributed by atoms with Gasteiger partial charge in [0.2, 0.25) is 11.8 Å². The van der Waals surface area contributed by atoms with E-state index >= 15 is 0 Å². The summed E-state index contributed by atoms with van der Waals surface area (Å²) in [5.74, 6) is -0.779. The maximum absolute atomic E-state index is 11.9. The highest BCUT2D eigenvalue weighted by atomic mass is 16.2. The number of carbonyl (C=O) groups is 2. The summed E-state index contributed by atoms with van der Waals surface area (Å²) in [5, 5.41) is 11.5. The molecule has 1 N–H and O–H groups in total. The molecule has 16 heavy (non-hydrogen) atoms. The van der Waals surface area contributed by atoms with Crippen LogP contribution in [0.2, 0.25) is 0 Å². The molecule has 0 aromatic carbocycles. The molecule has 5 heteroatoms. The number of nitrogens with zero attached hydrogens (tertiary/aromatic N) is 2. The summed E-state index contributed by atoms with van der Waals surface area (Å²) in [5.41, 5.74) is 0. The van der Waals surface area contributed by atoms with Gasteiger partial charge in [-0.15, -0.1) is 0 Å². The Balaban J connectivity index is 2.14. The van der Waals surface area contributed by atoms with Gasteiger partial charge in [0.1, 0.15) is 5.92 Å². The number of piperidine rings is 1. The average molecular weight is 221 g/mol. The van der Waals surface area contributed by atoms with Gasteiger partial charge in [-0.2, -0.15) is 5.26 Å². The van der Waals surface area contributed by atoms with Crippen LogP contribution in [-0.4, -0.2) is 35.8 Å². The fraction of sp³-hybridized carbons (Fsp3) is 0.727. The van der Waals surface area contributed by atoms with Crippen molar-refractivity contribution in [3.8, 4) is 6.07 Å². The van der Waals surface area contributed by atoms with Gasteiger partial charge in [0.25, 0.3) is 0 Å². The fourth-order valence-corrected chi connectivity index (χ4v) is 2.53. The van der Waals surface area contributed by atoms with Crippen LogP contribution in [0.1, 0.15) is 19.8 Å². The molecule has 3 atom stereocenters. The lowest BCUT2D eigenvalue weighted by Gasteiger charge is -2.36. The van der Waals surface area contributed by atoms with Crippen molar-refractivity contribution in [2.75, 3.05) is 13.1 Å². The van der Waals surface area contributed by atoms with E-state index < -0.39 is 5.92 Å². The SMILES string of the molecule is CC(C#N)C(=O)N1CCCC2C(=O)NCC21. The second-order valence-corrected chi connectivity index (χ2v) is 4.44. The van der Waals surface area contributed by atoms with Crippen LogP contribution in [-0.2, 0) is 9.59 Å². The molecule has 0 saturated carbocycles. The topological polar surface area (TPSA) is 73.2 Å². The van der Waals surface area contributed by atoms with Gasteiger partial charge in [0.15, 0.2) is 0 Å². The minimum atomic E-state index is -0.616. The van der Waals surface area contributed by atoms with Crippen LogP contribution in [0.3, 0.4) is 0 Å². The van der Waals surface area contributed by atoms with E-state index in [9.17, 15) is 9.59 Å². The molecular formula is C11H15N3O2. The van der Waals surface area contributed by atoms with E-state index in [1.165, 1.54) is 0 Å². The van der Waals surface area contributed by atoms with Crippen LogP contribution >= 0.6 is 0 Å². The Morgan fingerprint density at radius 3 is 3.12 bits per heavy atom. The Kier molecular flexibility index (Phi) is 2.82. The Labute approximate surface area is 94.4 Å². The molecule has 2 aliphatic heterocycles. The number of nitrogens with one attached hydrogen (secondary N) is 1. The van der Waals surface area contributed by atoms with Crippen molar-refractivity contribution in [2.24, 2.45) is 11.8 Å². The van der Waals surface area contributed by atoms with Crippen LogP contribution < -0.4 is 5.32 Å². The van der Waals surface area contributed by atoms with Crippen molar-refractivity contribution in [2.45, 2.75) is 25.8 Å². The molecular weight excluding hydrogens is 206 g/mol. The predicted octanol–water partition coefficient (Wildman–Crippen LogP) is -0.117. The zero-order chi connectivity index (χ0) is 11.7.